The van der Waals surface area contributed by atoms with Crippen molar-refractivity contribution >= 4 is 11.5 Å². The first-order valence-electron chi connectivity index (χ1n) is 10.5. The van der Waals surface area contributed by atoms with Gasteiger partial charge in [0.1, 0.15) is 18.2 Å². The van der Waals surface area contributed by atoms with Crippen LogP contribution in [0.25, 0.3) is 17.0 Å². The van der Waals surface area contributed by atoms with E-state index in [0.29, 0.717) is 24.5 Å². The van der Waals surface area contributed by atoms with Crippen LogP contribution in [0.5, 0.6) is 0 Å². The first kappa shape index (κ1) is 20.9. The summed E-state index contributed by atoms with van der Waals surface area (Å²) in [5.74, 6) is 1.10. The van der Waals surface area contributed by atoms with Crippen LogP contribution in [0.1, 0.15) is 43.3 Å². The summed E-state index contributed by atoms with van der Waals surface area (Å²) < 4.78 is 15.3. The van der Waals surface area contributed by atoms with E-state index >= 15 is 0 Å². The number of hydrogen-bond acceptors (Lipinski definition) is 4. The van der Waals surface area contributed by atoms with Crippen LogP contribution in [0, 0.1) is 12.7 Å². The van der Waals surface area contributed by atoms with E-state index in [0.717, 1.165) is 23.5 Å². The summed E-state index contributed by atoms with van der Waals surface area (Å²) in [6.45, 7) is 7.09. The standard InChI is InChI=1S/C24H26FN5O/c1-16(2)24-27-23(19-7-8-20(25)17(3)14-19)28-30(24)15-22(31)29-12-9-18(10-13-29)21-6-4-5-11-26-21/h4-9,11,14,16H,10,12-13,15H2,1-3H3. The Kier molecular flexibility index (Phi) is 5.93. The van der Waals surface area contributed by atoms with E-state index in [4.69, 9.17) is 0 Å². The van der Waals surface area contributed by atoms with Crippen molar-refractivity contribution in [3.63, 3.8) is 0 Å². The van der Waals surface area contributed by atoms with Gasteiger partial charge in [0, 0.05) is 30.8 Å². The molecule has 0 N–H and O–H groups in total. The maximum Gasteiger partial charge on any atom is 0.244 e. The van der Waals surface area contributed by atoms with Gasteiger partial charge in [-0.3, -0.25) is 9.78 Å². The van der Waals surface area contributed by atoms with Crippen LogP contribution >= 0.6 is 0 Å². The lowest BCUT2D eigenvalue weighted by Crippen LogP contribution is -2.37. The van der Waals surface area contributed by atoms with Gasteiger partial charge in [-0.25, -0.2) is 14.1 Å². The van der Waals surface area contributed by atoms with Gasteiger partial charge in [-0.15, -0.1) is 0 Å². The molecule has 0 bridgehead atoms. The third-order valence-electron chi connectivity index (χ3n) is 5.47. The highest BCUT2D eigenvalue weighted by atomic mass is 19.1. The highest BCUT2D eigenvalue weighted by Gasteiger charge is 2.22. The minimum absolute atomic E-state index is 0.00459. The second-order valence-corrected chi connectivity index (χ2v) is 8.10. The van der Waals surface area contributed by atoms with Crippen molar-refractivity contribution in [3.05, 3.63) is 71.6 Å². The zero-order valence-corrected chi connectivity index (χ0v) is 18.0. The number of carbonyl (C=O) groups is 1. The van der Waals surface area contributed by atoms with Crippen LogP contribution < -0.4 is 0 Å². The molecule has 160 valence electrons. The molecule has 0 saturated heterocycles. The molecule has 4 rings (SSSR count). The smallest absolute Gasteiger partial charge is 0.244 e. The van der Waals surface area contributed by atoms with Crippen molar-refractivity contribution in [1.29, 1.82) is 0 Å². The summed E-state index contributed by atoms with van der Waals surface area (Å²) in [5.41, 5.74) is 3.42. The second kappa shape index (κ2) is 8.79. The van der Waals surface area contributed by atoms with Crippen molar-refractivity contribution in [2.24, 2.45) is 0 Å². The van der Waals surface area contributed by atoms with Crippen LogP contribution in [0.15, 0.2) is 48.7 Å². The second-order valence-electron chi connectivity index (χ2n) is 8.10. The summed E-state index contributed by atoms with van der Waals surface area (Å²) in [5, 5.41) is 4.58. The zero-order chi connectivity index (χ0) is 22.0. The molecule has 0 saturated carbocycles. The maximum absolute atomic E-state index is 13.6. The minimum atomic E-state index is -0.259. The third kappa shape index (κ3) is 4.55. The Morgan fingerprint density at radius 3 is 2.71 bits per heavy atom. The summed E-state index contributed by atoms with van der Waals surface area (Å²) in [6, 6.07) is 10.7. The Hall–Kier alpha value is -3.35. The number of rotatable bonds is 5. The lowest BCUT2D eigenvalue weighted by Gasteiger charge is -2.26. The number of hydrogen-bond donors (Lipinski definition) is 0. The Balaban J connectivity index is 1.51. The zero-order valence-electron chi connectivity index (χ0n) is 18.0. The Morgan fingerprint density at radius 2 is 2.06 bits per heavy atom. The van der Waals surface area contributed by atoms with E-state index in [2.05, 4.69) is 21.1 Å². The number of pyridine rings is 1. The molecule has 6 nitrogen and oxygen atoms in total. The average molecular weight is 420 g/mol. The van der Waals surface area contributed by atoms with Crippen molar-refractivity contribution in [3.8, 4) is 11.4 Å². The molecule has 1 aliphatic rings. The van der Waals surface area contributed by atoms with Gasteiger partial charge in [0.25, 0.3) is 0 Å². The first-order valence-corrected chi connectivity index (χ1v) is 10.5. The van der Waals surface area contributed by atoms with Gasteiger partial charge >= 0.3 is 0 Å². The van der Waals surface area contributed by atoms with Crippen LogP contribution in [0.4, 0.5) is 4.39 Å². The highest BCUT2D eigenvalue weighted by molar-refractivity contribution is 5.78. The quantitative estimate of drug-likeness (QED) is 0.621. The van der Waals surface area contributed by atoms with Crippen molar-refractivity contribution in [1.82, 2.24) is 24.6 Å². The van der Waals surface area contributed by atoms with Crippen molar-refractivity contribution < 1.29 is 9.18 Å². The van der Waals surface area contributed by atoms with Crippen molar-refractivity contribution in [2.45, 2.75) is 39.7 Å². The van der Waals surface area contributed by atoms with Crippen molar-refractivity contribution in [2.75, 3.05) is 13.1 Å². The number of aromatic nitrogens is 4. The van der Waals surface area contributed by atoms with Crippen LogP contribution in [-0.2, 0) is 11.3 Å². The maximum atomic E-state index is 13.6. The number of aryl methyl sites for hydroxylation is 1. The average Bonchev–Trinajstić information content (AvgIpc) is 3.20. The van der Waals surface area contributed by atoms with E-state index in [-0.39, 0.29) is 24.2 Å². The molecule has 3 aromatic rings. The number of nitrogens with zero attached hydrogens (tertiary/aromatic N) is 5. The van der Waals surface area contributed by atoms with Gasteiger partial charge < -0.3 is 4.90 Å². The molecule has 1 aromatic carbocycles. The molecule has 0 radical (unpaired) electrons. The highest BCUT2D eigenvalue weighted by Crippen LogP contribution is 2.23. The molecular weight excluding hydrogens is 393 g/mol. The number of amides is 1. The first-order chi connectivity index (χ1) is 14.9. The topological polar surface area (TPSA) is 63.9 Å². The minimum Gasteiger partial charge on any atom is -0.337 e. The summed E-state index contributed by atoms with van der Waals surface area (Å²) in [6.07, 6.45) is 4.63. The van der Waals surface area contributed by atoms with Crippen LogP contribution in [0.3, 0.4) is 0 Å². The molecule has 7 heteroatoms. The molecule has 31 heavy (non-hydrogen) atoms. The van der Waals surface area contributed by atoms with Crippen LogP contribution in [-0.4, -0.2) is 43.6 Å². The summed E-state index contributed by atoms with van der Waals surface area (Å²) in [4.78, 5) is 23.8. The van der Waals surface area contributed by atoms with E-state index in [1.807, 2.05) is 36.9 Å². The van der Waals surface area contributed by atoms with E-state index in [9.17, 15) is 9.18 Å². The van der Waals surface area contributed by atoms with Crippen LogP contribution in [0.2, 0.25) is 0 Å². The predicted molar refractivity (Wildman–Crippen MR) is 118 cm³/mol. The van der Waals surface area contributed by atoms with Gasteiger partial charge in [-0.2, -0.15) is 5.10 Å². The number of carbonyl (C=O) groups excluding carboxylic acids is 1. The van der Waals surface area contributed by atoms with Gasteiger partial charge in [-0.1, -0.05) is 26.0 Å². The largest absolute Gasteiger partial charge is 0.337 e. The monoisotopic (exact) mass is 419 g/mol. The SMILES string of the molecule is Cc1cc(-c2nc(C(C)C)n(CC(=O)N3CC=C(c4ccccn4)CC3)n2)ccc1F. The number of benzene rings is 1. The summed E-state index contributed by atoms with van der Waals surface area (Å²) >= 11 is 0. The van der Waals surface area contributed by atoms with E-state index in [1.54, 1.807) is 29.9 Å². The van der Waals surface area contributed by atoms with Gasteiger partial charge in [0.15, 0.2) is 5.82 Å². The Bertz CT molecular complexity index is 1120. The summed E-state index contributed by atoms with van der Waals surface area (Å²) in [7, 11) is 0. The lowest BCUT2D eigenvalue weighted by atomic mass is 10.0. The molecule has 0 spiro atoms. The molecule has 3 heterocycles. The normalized spacial score (nSPS) is 14.1. The molecule has 1 aliphatic heterocycles. The number of halogens is 1. The molecule has 0 unspecified atom stereocenters. The fourth-order valence-corrected chi connectivity index (χ4v) is 3.71. The predicted octanol–water partition coefficient (Wildman–Crippen LogP) is 4.23. The van der Waals surface area contributed by atoms with Gasteiger partial charge in [-0.05, 0) is 54.8 Å². The van der Waals surface area contributed by atoms with Gasteiger partial charge in [0.05, 0.1) is 5.69 Å². The molecule has 2 aromatic heterocycles. The van der Waals surface area contributed by atoms with Gasteiger partial charge in [0.2, 0.25) is 5.91 Å². The van der Waals surface area contributed by atoms with E-state index < -0.39 is 0 Å². The molecule has 1 amide bonds. The lowest BCUT2D eigenvalue weighted by molar-refractivity contribution is -0.131. The third-order valence-corrected chi connectivity index (χ3v) is 5.47. The Morgan fingerprint density at radius 1 is 1.23 bits per heavy atom. The molecular formula is C24H26FN5O. The molecule has 0 aliphatic carbocycles. The molecule has 0 atom stereocenters. The Labute approximate surface area is 181 Å². The fraction of sp³-hybridized carbons (Fsp3) is 0.333. The fourth-order valence-electron chi connectivity index (χ4n) is 3.71. The molecule has 0 fully saturated rings. The van der Waals surface area contributed by atoms with E-state index in [1.165, 1.54) is 11.6 Å².